The van der Waals surface area contributed by atoms with E-state index >= 15 is 0 Å². The molecule has 0 saturated heterocycles. The number of hydrogen-bond donors (Lipinski definition) is 1. The summed E-state index contributed by atoms with van der Waals surface area (Å²) in [4.78, 5) is 27.8. The number of hydrogen-bond acceptors (Lipinski definition) is 2. The SMILES string of the molecule is O=C(O)[C@@H]1c2ccccc2C(=O)N(C2CCCCC2)[C@@H]1c1ccc(Br)c(Br)c1. The Balaban J connectivity index is 1.91. The van der Waals surface area contributed by atoms with Crippen LogP contribution in [-0.2, 0) is 4.79 Å². The van der Waals surface area contributed by atoms with Crippen molar-refractivity contribution < 1.29 is 14.7 Å². The molecule has 0 unspecified atom stereocenters. The average molecular weight is 507 g/mol. The van der Waals surface area contributed by atoms with Crippen molar-refractivity contribution in [3.8, 4) is 0 Å². The summed E-state index contributed by atoms with van der Waals surface area (Å²) in [5.41, 5.74) is 1.97. The molecular weight excluding hydrogens is 486 g/mol. The normalized spacial score (nSPS) is 22.8. The van der Waals surface area contributed by atoms with Gasteiger partial charge >= 0.3 is 5.97 Å². The van der Waals surface area contributed by atoms with Crippen LogP contribution in [0.2, 0.25) is 0 Å². The minimum absolute atomic E-state index is 0.0518. The lowest BCUT2D eigenvalue weighted by Crippen LogP contribution is -2.50. The first-order valence-corrected chi connectivity index (χ1v) is 11.2. The smallest absolute Gasteiger partial charge is 0.313 e. The number of carboxylic acids is 1. The second-order valence-electron chi connectivity index (χ2n) is 7.53. The van der Waals surface area contributed by atoms with Gasteiger partial charge in [0.2, 0.25) is 0 Å². The van der Waals surface area contributed by atoms with Crippen LogP contribution in [0.25, 0.3) is 0 Å². The summed E-state index contributed by atoms with van der Waals surface area (Å²) in [6, 6.07) is 12.5. The first-order valence-electron chi connectivity index (χ1n) is 9.58. The zero-order valence-corrected chi connectivity index (χ0v) is 18.4. The molecule has 4 nitrogen and oxygen atoms in total. The first kappa shape index (κ1) is 19.6. The molecule has 2 atom stereocenters. The largest absolute Gasteiger partial charge is 0.481 e. The highest BCUT2D eigenvalue weighted by Crippen LogP contribution is 2.46. The van der Waals surface area contributed by atoms with Crippen LogP contribution >= 0.6 is 31.9 Å². The van der Waals surface area contributed by atoms with E-state index in [1.807, 2.05) is 35.2 Å². The van der Waals surface area contributed by atoms with Crippen LogP contribution in [0, 0.1) is 0 Å². The molecule has 1 N–H and O–H groups in total. The van der Waals surface area contributed by atoms with Crippen molar-refractivity contribution in [3.63, 3.8) is 0 Å². The number of carboxylic acid groups (broad SMARTS) is 1. The molecular formula is C22H21Br2NO3. The van der Waals surface area contributed by atoms with Gasteiger partial charge in [-0.15, -0.1) is 0 Å². The molecule has 0 bridgehead atoms. The number of fused-ring (bicyclic) bond motifs is 1. The van der Waals surface area contributed by atoms with E-state index in [1.54, 1.807) is 12.1 Å². The van der Waals surface area contributed by atoms with Gasteiger partial charge in [0.15, 0.2) is 0 Å². The van der Waals surface area contributed by atoms with Crippen molar-refractivity contribution in [2.45, 2.75) is 50.1 Å². The van der Waals surface area contributed by atoms with Crippen molar-refractivity contribution in [2.24, 2.45) is 0 Å². The summed E-state index contributed by atoms with van der Waals surface area (Å²) < 4.78 is 1.75. The van der Waals surface area contributed by atoms with Crippen LogP contribution in [-0.4, -0.2) is 27.9 Å². The number of nitrogens with zero attached hydrogens (tertiary/aromatic N) is 1. The fourth-order valence-corrected chi connectivity index (χ4v) is 5.27. The van der Waals surface area contributed by atoms with Gasteiger partial charge in [0, 0.05) is 20.6 Å². The average Bonchev–Trinajstić information content (AvgIpc) is 2.70. The summed E-state index contributed by atoms with van der Waals surface area (Å²) in [6.45, 7) is 0. The Morgan fingerprint density at radius 1 is 1.00 bits per heavy atom. The number of halogens is 2. The Morgan fingerprint density at radius 2 is 1.71 bits per heavy atom. The molecule has 2 aromatic rings. The third-order valence-corrected chi connectivity index (χ3v) is 7.78. The van der Waals surface area contributed by atoms with E-state index < -0.39 is 17.9 Å². The van der Waals surface area contributed by atoms with E-state index in [2.05, 4.69) is 31.9 Å². The molecule has 1 amide bonds. The molecule has 1 aliphatic carbocycles. The van der Waals surface area contributed by atoms with Gasteiger partial charge < -0.3 is 10.0 Å². The van der Waals surface area contributed by atoms with E-state index in [9.17, 15) is 14.7 Å². The van der Waals surface area contributed by atoms with Crippen LogP contribution in [0.4, 0.5) is 0 Å². The molecule has 1 fully saturated rings. The van der Waals surface area contributed by atoms with Crippen LogP contribution < -0.4 is 0 Å². The second kappa shape index (κ2) is 7.99. The predicted octanol–water partition coefficient (Wildman–Crippen LogP) is 5.91. The lowest BCUT2D eigenvalue weighted by Gasteiger charge is -2.46. The summed E-state index contributed by atoms with van der Waals surface area (Å²) in [7, 11) is 0. The van der Waals surface area contributed by atoms with Gasteiger partial charge in [0.1, 0.15) is 5.92 Å². The maximum Gasteiger partial charge on any atom is 0.313 e. The highest BCUT2D eigenvalue weighted by molar-refractivity contribution is 9.13. The van der Waals surface area contributed by atoms with E-state index in [-0.39, 0.29) is 11.9 Å². The topological polar surface area (TPSA) is 57.6 Å². The molecule has 2 aromatic carbocycles. The lowest BCUT2D eigenvalue weighted by atomic mass is 9.77. The van der Waals surface area contributed by atoms with E-state index in [1.165, 1.54) is 6.42 Å². The Labute approximate surface area is 181 Å². The predicted molar refractivity (Wildman–Crippen MR) is 114 cm³/mol. The van der Waals surface area contributed by atoms with Crippen LogP contribution in [0.15, 0.2) is 51.4 Å². The molecule has 28 heavy (non-hydrogen) atoms. The van der Waals surface area contributed by atoms with Crippen molar-refractivity contribution in [1.82, 2.24) is 4.90 Å². The van der Waals surface area contributed by atoms with Gasteiger partial charge in [-0.3, -0.25) is 9.59 Å². The summed E-state index contributed by atoms with van der Waals surface area (Å²) in [5, 5.41) is 10.2. The van der Waals surface area contributed by atoms with Crippen molar-refractivity contribution in [1.29, 1.82) is 0 Å². The summed E-state index contributed by atoms with van der Waals surface area (Å²) in [5.74, 6) is -1.74. The third kappa shape index (κ3) is 3.41. The Hall–Kier alpha value is -1.66. The highest BCUT2D eigenvalue weighted by atomic mass is 79.9. The van der Waals surface area contributed by atoms with Gasteiger partial charge in [-0.05, 0) is 74.0 Å². The van der Waals surface area contributed by atoms with Crippen molar-refractivity contribution >= 4 is 43.7 Å². The van der Waals surface area contributed by atoms with Crippen molar-refractivity contribution in [2.75, 3.05) is 0 Å². The number of carbonyl (C=O) groups excluding carboxylic acids is 1. The molecule has 0 spiro atoms. The fourth-order valence-electron chi connectivity index (χ4n) is 4.63. The van der Waals surface area contributed by atoms with E-state index in [0.717, 1.165) is 40.2 Å². The summed E-state index contributed by atoms with van der Waals surface area (Å²) >= 11 is 7.02. The van der Waals surface area contributed by atoms with Crippen LogP contribution in [0.5, 0.6) is 0 Å². The third-order valence-electron chi connectivity index (χ3n) is 5.90. The molecule has 2 aliphatic rings. The minimum Gasteiger partial charge on any atom is -0.481 e. The number of aliphatic carboxylic acids is 1. The molecule has 0 radical (unpaired) electrons. The number of amides is 1. The standard InChI is InChI=1S/C22H21Br2NO3/c23-17-11-10-13(12-18(17)24)20-19(22(27)28)15-8-4-5-9-16(15)21(26)25(20)14-6-2-1-3-7-14/h4-5,8-12,14,19-20H,1-3,6-7H2,(H,27,28)/t19-,20-/m1/s1. The van der Waals surface area contributed by atoms with Crippen LogP contribution in [0.1, 0.15) is 65.5 Å². The van der Waals surface area contributed by atoms with Gasteiger partial charge in [-0.2, -0.15) is 0 Å². The van der Waals surface area contributed by atoms with E-state index in [4.69, 9.17) is 0 Å². The van der Waals surface area contributed by atoms with E-state index in [0.29, 0.717) is 11.1 Å². The molecule has 146 valence electrons. The molecule has 1 heterocycles. The maximum atomic E-state index is 13.5. The number of carbonyl (C=O) groups is 2. The number of rotatable bonds is 3. The summed E-state index contributed by atoms with van der Waals surface area (Å²) in [6.07, 6.45) is 5.17. The molecule has 4 rings (SSSR count). The van der Waals surface area contributed by atoms with Crippen molar-refractivity contribution in [3.05, 3.63) is 68.1 Å². The lowest BCUT2D eigenvalue weighted by molar-refractivity contribution is -0.141. The Kier molecular flexibility index (Phi) is 5.61. The monoisotopic (exact) mass is 505 g/mol. The van der Waals surface area contributed by atoms with Gasteiger partial charge in [0.25, 0.3) is 5.91 Å². The molecule has 6 heteroatoms. The fraction of sp³-hybridized carbons (Fsp3) is 0.364. The molecule has 0 aromatic heterocycles. The zero-order valence-electron chi connectivity index (χ0n) is 15.3. The maximum absolute atomic E-state index is 13.5. The second-order valence-corrected chi connectivity index (χ2v) is 9.23. The van der Waals surface area contributed by atoms with Crippen LogP contribution in [0.3, 0.4) is 0 Å². The quantitative estimate of drug-likeness (QED) is 0.563. The number of benzene rings is 2. The van der Waals surface area contributed by atoms with Gasteiger partial charge in [-0.25, -0.2) is 0 Å². The van der Waals surface area contributed by atoms with Gasteiger partial charge in [-0.1, -0.05) is 43.5 Å². The molecule has 1 saturated carbocycles. The minimum atomic E-state index is -0.898. The van der Waals surface area contributed by atoms with Gasteiger partial charge in [0.05, 0.1) is 6.04 Å². The molecule has 1 aliphatic heterocycles. The highest BCUT2D eigenvalue weighted by Gasteiger charge is 2.46. The zero-order chi connectivity index (χ0) is 19.8. The Morgan fingerprint density at radius 3 is 2.39 bits per heavy atom. The first-order chi connectivity index (χ1) is 13.5. The Bertz CT molecular complexity index is 924.